The van der Waals surface area contributed by atoms with Gasteiger partial charge in [0.1, 0.15) is 0 Å². The van der Waals surface area contributed by atoms with Gasteiger partial charge in [-0.25, -0.2) is 0 Å². The second-order valence-corrected chi connectivity index (χ2v) is 6.59. The maximum absolute atomic E-state index is 11.7. The van der Waals surface area contributed by atoms with Crippen molar-refractivity contribution in [2.24, 2.45) is 0 Å². The lowest BCUT2D eigenvalue weighted by atomic mass is 9.84. The highest BCUT2D eigenvalue weighted by Gasteiger charge is 2.30. The first kappa shape index (κ1) is 14.2. The summed E-state index contributed by atoms with van der Waals surface area (Å²) >= 11 is 1.84. The number of rotatable bonds is 4. The van der Waals surface area contributed by atoms with Gasteiger partial charge in [0, 0.05) is 10.6 Å². The summed E-state index contributed by atoms with van der Waals surface area (Å²) in [7, 11) is 0. The standard InChI is InChI=1S/C18H18O2S/c1-12-6-2-3-7-14(12)16(18(19)20)10-13-11-21-17-9-5-4-8-15(13)17/h2-9,13,16H,10-11H2,1H3,(H,19,20). The zero-order valence-corrected chi connectivity index (χ0v) is 12.8. The molecule has 2 atom stereocenters. The lowest BCUT2D eigenvalue weighted by Crippen LogP contribution is -2.16. The van der Waals surface area contributed by atoms with Crippen molar-refractivity contribution in [1.82, 2.24) is 0 Å². The molecule has 0 spiro atoms. The maximum atomic E-state index is 11.7. The van der Waals surface area contributed by atoms with E-state index in [0.29, 0.717) is 12.3 Å². The molecule has 0 bridgehead atoms. The van der Waals surface area contributed by atoms with Crippen LogP contribution in [0.25, 0.3) is 0 Å². The van der Waals surface area contributed by atoms with E-state index in [1.165, 1.54) is 10.5 Å². The van der Waals surface area contributed by atoms with E-state index in [9.17, 15) is 9.90 Å². The number of hydrogen-bond acceptors (Lipinski definition) is 2. The van der Waals surface area contributed by atoms with Crippen molar-refractivity contribution in [3.05, 3.63) is 65.2 Å². The van der Waals surface area contributed by atoms with Crippen molar-refractivity contribution in [2.45, 2.75) is 30.1 Å². The second-order valence-electron chi connectivity index (χ2n) is 5.53. The summed E-state index contributed by atoms with van der Waals surface area (Å²) < 4.78 is 0. The van der Waals surface area contributed by atoms with Gasteiger partial charge in [0.15, 0.2) is 0 Å². The molecule has 1 N–H and O–H groups in total. The highest BCUT2D eigenvalue weighted by molar-refractivity contribution is 7.99. The van der Waals surface area contributed by atoms with Gasteiger partial charge in [-0.3, -0.25) is 4.79 Å². The van der Waals surface area contributed by atoms with Crippen LogP contribution in [0.2, 0.25) is 0 Å². The normalized spacial score (nSPS) is 18.2. The van der Waals surface area contributed by atoms with E-state index >= 15 is 0 Å². The van der Waals surface area contributed by atoms with Crippen LogP contribution in [0, 0.1) is 6.92 Å². The molecule has 0 aliphatic carbocycles. The SMILES string of the molecule is Cc1ccccc1C(CC1CSc2ccccc21)C(=O)O. The Kier molecular flexibility index (Phi) is 4.02. The number of carboxylic acid groups (broad SMARTS) is 1. The van der Waals surface area contributed by atoms with Crippen LogP contribution in [0.1, 0.15) is 34.9 Å². The molecule has 2 nitrogen and oxygen atoms in total. The molecule has 2 unspecified atom stereocenters. The Hall–Kier alpha value is -1.74. The average Bonchev–Trinajstić information content (AvgIpc) is 2.89. The Balaban J connectivity index is 1.88. The number of hydrogen-bond donors (Lipinski definition) is 1. The Bertz CT molecular complexity index is 666. The van der Waals surface area contributed by atoms with E-state index in [-0.39, 0.29) is 0 Å². The molecule has 0 amide bonds. The Morgan fingerprint density at radius 1 is 1.24 bits per heavy atom. The van der Waals surface area contributed by atoms with Gasteiger partial charge in [0.2, 0.25) is 0 Å². The minimum absolute atomic E-state index is 0.326. The van der Waals surface area contributed by atoms with Gasteiger partial charge in [0.25, 0.3) is 0 Å². The maximum Gasteiger partial charge on any atom is 0.311 e. The lowest BCUT2D eigenvalue weighted by Gasteiger charge is -2.19. The minimum Gasteiger partial charge on any atom is -0.481 e. The van der Waals surface area contributed by atoms with Crippen LogP contribution in [-0.4, -0.2) is 16.8 Å². The van der Waals surface area contributed by atoms with Gasteiger partial charge < -0.3 is 5.11 Å². The zero-order chi connectivity index (χ0) is 14.8. The smallest absolute Gasteiger partial charge is 0.311 e. The molecule has 3 heteroatoms. The van der Waals surface area contributed by atoms with Crippen LogP contribution in [-0.2, 0) is 4.79 Å². The number of carboxylic acids is 1. The largest absolute Gasteiger partial charge is 0.481 e. The summed E-state index contributed by atoms with van der Waals surface area (Å²) in [6.45, 7) is 1.99. The van der Waals surface area contributed by atoms with E-state index in [0.717, 1.165) is 16.9 Å². The molecule has 0 saturated carbocycles. The average molecular weight is 298 g/mol. The number of thioether (sulfide) groups is 1. The Morgan fingerprint density at radius 3 is 2.71 bits per heavy atom. The lowest BCUT2D eigenvalue weighted by molar-refractivity contribution is -0.139. The first-order chi connectivity index (χ1) is 10.2. The number of benzene rings is 2. The molecular formula is C18H18O2S. The first-order valence-corrected chi connectivity index (χ1v) is 8.15. The Morgan fingerprint density at radius 2 is 1.95 bits per heavy atom. The molecule has 108 valence electrons. The topological polar surface area (TPSA) is 37.3 Å². The summed E-state index contributed by atoms with van der Waals surface area (Å²) in [5.41, 5.74) is 3.31. The highest BCUT2D eigenvalue weighted by Crippen LogP contribution is 2.44. The van der Waals surface area contributed by atoms with E-state index in [1.54, 1.807) is 0 Å². The second kappa shape index (κ2) is 5.94. The number of carbonyl (C=O) groups is 1. The molecule has 2 aromatic carbocycles. The van der Waals surface area contributed by atoms with E-state index < -0.39 is 11.9 Å². The molecular weight excluding hydrogens is 280 g/mol. The number of aryl methyl sites for hydroxylation is 1. The summed E-state index contributed by atoms with van der Waals surface area (Å²) in [6.07, 6.45) is 0.671. The quantitative estimate of drug-likeness (QED) is 0.906. The fourth-order valence-corrected chi connectivity index (χ4v) is 4.32. The van der Waals surface area contributed by atoms with Crippen molar-refractivity contribution in [1.29, 1.82) is 0 Å². The fourth-order valence-electron chi connectivity index (χ4n) is 3.05. The molecule has 0 radical (unpaired) electrons. The van der Waals surface area contributed by atoms with Gasteiger partial charge in [-0.1, -0.05) is 42.5 Å². The summed E-state index contributed by atoms with van der Waals surface area (Å²) in [5, 5.41) is 9.65. The molecule has 1 heterocycles. The monoisotopic (exact) mass is 298 g/mol. The van der Waals surface area contributed by atoms with Crippen molar-refractivity contribution in [3.63, 3.8) is 0 Å². The van der Waals surface area contributed by atoms with Gasteiger partial charge in [0.05, 0.1) is 5.92 Å². The van der Waals surface area contributed by atoms with Gasteiger partial charge in [-0.05, 0) is 42.0 Å². The number of aliphatic carboxylic acids is 1. The van der Waals surface area contributed by atoms with E-state index in [1.807, 2.05) is 55.1 Å². The molecule has 0 aromatic heterocycles. The van der Waals surface area contributed by atoms with E-state index in [4.69, 9.17) is 0 Å². The van der Waals surface area contributed by atoms with Crippen LogP contribution >= 0.6 is 11.8 Å². The molecule has 3 rings (SSSR count). The van der Waals surface area contributed by atoms with Crippen LogP contribution < -0.4 is 0 Å². The molecule has 21 heavy (non-hydrogen) atoms. The summed E-state index contributed by atoms with van der Waals surface area (Å²) in [4.78, 5) is 13.0. The van der Waals surface area contributed by atoms with Gasteiger partial charge in [-0.15, -0.1) is 11.8 Å². The predicted molar refractivity (Wildman–Crippen MR) is 86.1 cm³/mol. The third-order valence-corrected chi connectivity index (χ3v) is 5.43. The van der Waals surface area contributed by atoms with Crippen LogP contribution in [0.3, 0.4) is 0 Å². The third-order valence-electron chi connectivity index (χ3n) is 4.18. The minimum atomic E-state index is -0.723. The van der Waals surface area contributed by atoms with E-state index in [2.05, 4.69) is 12.1 Å². The predicted octanol–water partition coefficient (Wildman–Crippen LogP) is 4.44. The van der Waals surface area contributed by atoms with Crippen LogP contribution in [0.15, 0.2) is 53.4 Å². The number of fused-ring (bicyclic) bond motifs is 1. The van der Waals surface area contributed by atoms with Crippen LogP contribution in [0.4, 0.5) is 0 Å². The zero-order valence-electron chi connectivity index (χ0n) is 12.0. The molecule has 1 aliphatic rings. The van der Waals surface area contributed by atoms with Crippen molar-refractivity contribution in [2.75, 3.05) is 5.75 Å². The first-order valence-electron chi connectivity index (χ1n) is 7.17. The van der Waals surface area contributed by atoms with Crippen molar-refractivity contribution < 1.29 is 9.90 Å². The van der Waals surface area contributed by atoms with Crippen molar-refractivity contribution in [3.8, 4) is 0 Å². The fraction of sp³-hybridized carbons (Fsp3) is 0.278. The summed E-state index contributed by atoms with van der Waals surface area (Å²) in [5.74, 6) is 0.156. The molecule has 2 aromatic rings. The van der Waals surface area contributed by atoms with Gasteiger partial charge >= 0.3 is 5.97 Å². The summed E-state index contributed by atoms with van der Waals surface area (Å²) in [6, 6.07) is 16.2. The van der Waals surface area contributed by atoms with Crippen molar-refractivity contribution >= 4 is 17.7 Å². The third kappa shape index (κ3) is 2.84. The molecule has 1 aliphatic heterocycles. The highest BCUT2D eigenvalue weighted by atomic mass is 32.2. The van der Waals surface area contributed by atoms with Crippen LogP contribution in [0.5, 0.6) is 0 Å². The molecule has 0 fully saturated rings. The Labute approximate surface area is 129 Å². The molecule has 0 saturated heterocycles. The van der Waals surface area contributed by atoms with Gasteiger partial charge in [-0.2, -0.15) is 0 Å².